The molecule has 0 bridgehead atoms. The number of hydrogen-bond donors (Lipinski definition) is 2. The molecular weight excluding hydrogens is 276 g/mol. The predicted octanol–water partition coefficient (Wildman–Crippen LogP) is 2.77. The van der Waals surface area contributed by atoms with Crippen LogP contribution in [0, 0.1) is 6.92 Å². The molecule has 0 saturated heterocycles. The molecule has 0 aliphatic rings. The van der Waals surface area contributed by atoms with Crippen molar-refractivity contribution in [3.63, 3.8) is 0 Å². The standard InChI is InChI=1S/C18H16N2O2/c1-12-6-8-13(9-7-12)10-20-18(22)15-11-19-16-5-3-2-4-14(16)17(15)21/h2-9,11H,10H2,1H3,(H,19,21)(H,20,22). The Labute approximate surface area is 127 Å². The van der Waals surface area contributed by atoms with Crippen LogP contribution in [0.1, 0.15) is 21.5 Å². The molecule has 0 radical (unpaired) electrons. The van der Waals surface area contributed by atoms with Crippen LogP contribution in [0.4, 0.5) is 0 Å². The third kappa shape index (κ3) is 2.76. The summed E-state index contributed by atoms with van der Waals surface area (Å²) in [7, 11) is 0. The second kappa shape index (κ2) is 5.85. The fourth-order valence-corrected chi connectivity index (χ4v) is 2.32. The number of rotatable bonds is 3. The molecule has 0 aliphatic carbocycles. The van der Waals surface area contributed by atoms with Crippen molar-refractivity contribution in [3.05, 3.63) is 81.6 Å². The number of amides is 1. The Balaban J connectivity index is 1.82. The number of aromatic nitrogens is 1. The number of nitrogens with one attached hydrogen (secondary N) is 2. The van der Waals surface area contributed by atoms with Gasteiger partial charge < -0.3 is 10.3 Å². The van der Waals surface area contributed by atoms with Crippen molar-refractivity contribution in [1.29, 1.82) is 0 Å². The highest BCUT2D eigenvalue weighted by atomic mass is 16.2. The van der Waals surface area contributed by atoms with Crippen LogP contribution in [-0.2, 0) is 6.54 Å². The largest absolute Gasteiger partial charge is 0.360 e. The second-order valence-electron chi connectivity index (χ2n) is 5.25. The lowest BCUT2D eigenvalue weighted by Crippen LogP contribution is -2.28. The molecule has 0 spiro atoms. The molecule has 2 aromatic carbocycles. The van der Waals surface area contributed by atoms with Crippen molar-refractivity contribution >= 4 is 16.8 Å². The molecular formula is C18H16N2O2. The summed E-state index contributed by atoms with van der Waals surface area (Å²) in [6, 6.07) is 15.0. The molecule has 1 heterocycles. The van der Waals surface area contributed by atoms with E-state index < -0.39 is 0 Å². The Morgan fingerprint density at radius 3 is 2.59 bits per heavy atom. The summed E-state index contributed by atoms with van der Waals surface area (Å²) in [5.74, 6) is -0.368. The molecule has 4 heteroatoms. The van der Waals surface area contributed by atoms with E-state index in [4.69, 9.17) is 0 Å². The van der Waals surface area contributed by atoms with Gasteiger partial charge >= 0.3 is 0 Å². The van der Waals surface area contributed by atoms with Crippen LogP contribution in [0.5, 0.6) is 0 Å². The molecule has 3 rings (SSSR count). The van der Waals surface area contributed by atoms with Gasteiger partial charge in [0, 0.05) is 23.6 Å². The van der Waals surface area contributed by atoms with E-state index in [0.717, 1.165) is 11.1 Å². The molecule has 1 aromatic heterocycles. The van der Waals surface area contributed by atoms with E-state index in [0.29, 0.717) is 11.9 Å². The SMILES string of the molecule is Cc1ccc(CNC(=O)c2c[nH]c3ccccc3c2=O)cc1. The van der Waals surface area contributed by atoms with E-state index in [1.165, 1.54) is 11.8 Å². The topological polar surface area (TPSA) is 62.0 Å². The zero-order valence-electron chi connectivity index (χ0n) is 12.2. The van der Waals surface area contributed by atoms with Crippen molar-refractivity contribution in [2.45, 2.75) is 13.5 Å². The van der Waals surface area contributed by atoms with E-state index in [9.17, 15) is 9.59 Å². The number of aryl methyl sites for hydroxylation is 1. The number of fused-ring (bicyclic) bond motifs is 1. The Bertz CT molecular complexity index is 879. The van der Waals surface area contributed by atoms with Crippen LogP contribution in [-0.4, -0.2) is 10.9 Å². The minimum Gasteiger partial charge on any atom is -0.360 e. The summed E-state index contributed by atoms with van der Waals surface area (Å²) in [6.45, 7) is 2.41. The number of carbonyl (C=O) groups is 1. The first-order valence-electron chi connectivity index (χ1n) is 7.09. The summed E-state index contributed by atoms with van der Waals surface area (Å²) in [5.41, 5.74) is 2.77. The van der Waals surface area contributed by atoms with Crippen molar-refractivity contribution in [1.82, 2.24) is 10.3 Å². The van der Waals surface area contributed by atoms with Gasteiger partial charge in [0.1, 0.15) is 5.56 Å². The first-order valence-corrected chi connectivity index (χ1v) is 7.09. The molecule has 0 fully saturated rings. The lowest BCUT2D eigenvalue weighted by Gasteiger charge is -2.06. The van der Waals surface area contributed by atoms with Gasteiger partial charge in [-0.05, 0) is 24.6 Å². The van der Waals surface area contributed by atoms with Gasteiger partial charge in [-0.25, -0.2) is 0 Å². The maximum absolute atomic E-state index is 12.3. The minimum atomic E-state index is -0.368. The van der Waals surface area contributed by atoms with E-state index in [1.807, 2.05) is 43.3 Å². The van der Waals surface area contributed by atoms with Gasteiger partial charge in [-0.2, -0.15) is 0 Å². The van der Waals surface area contributed by atoms with Crippen molar-refractivity contribution in [3.8, 4) is 0 Å². The van der Waals surface area contributed by atoms with Crippen molar-refractivity contribution < 1.29 is 4.79 Å². The monoisotopic (exact) mass is 292 g/mol. The van der Waals surface area contributed by atoms with Crippen molar-refractivity contribution in [2.75, 3.05) is 0 Å². The summed E-state index contributed by atoms with van der Waals surface area (Å²) in [4.78, 5) is 27.5. The quantitative estimate of drug-likeness (QED) is 0.779. The van der Waals surface area contributed by atoms with Gasteiger partial charge in [0.15, 0.2) is 0 Å². The second-order valence-corrected chi connectivity index (χ2v) is 5.25. The highest BCUT2D eigenvalue weighted by molar-refractivity contribution is 5.97. The molecule has 110 valence electrons. The summed E-state index contributed by atoms with van der Waals surface area (Å²) >= 11 is 0. The van der Waals surface area contributed by atoms with Gasteiger partial charge in [-0.15, -0.1) is 0 Å². The Morgan fingerprint density at radius 2 is 1.82 bits per heavy atom. The first-order chi connectivity index (χ1) is 10.6. The number of H-pyrrole nitrogens is 1. The maximum Gasteiger partial charge on any atom is 0.257 e. The summed E-state index contributed by atoms with van der Waals surface area (Å²) in [5, 5.41) is 3.30. The average molecular weight is 292 g/mol. The van der Waals surface area contributed by atoms with Crippen LogP contribution in [0.25, 0.3) is 10.9 Å². The summed E-state index contributed by atoms with van der Waals surface area (Å²) < 4.78 is 0. The lowest BCUT2D eigenvalue weighted by molar-refractivity contribution is 0.0949. The number of para-hydroxylation sites is 1. The van der Waals surface area contributed by atoms with Gasteiger partial charge in [0.05, 0.1) is 0 Å². The smallest absolute Gasteiger partial charge is 0.257 e. The number of pyridine rings is 1. The molecule has 0 saturated carbocycles. The summed E-state index contributed by atoms with van der Waals surface area (Å²) in [6.07, 6.45) is 1.47. The molecule has 4 nitrogen and oxygen atoms in total. The zero-order valence-corrected chi connectivity index (χ0v) is 12.2. The molecule has 3 aromatic rings. The van der Waals surface area contributed by atoms with Crippen LogP contribution in [0.15, 0.2) is 59.5 Å². The Kier molecular flexibility index (Phi) is 3.74. The normalized spacial score (nSPS) is 10.6. The third-order valence-electron chi connectivity index (χ3n) is 3.61. The Morgan fingerprint density at radius 1 is 1.09 bits per heavy atom. The fraction of sp³-hybridized carbons (Fsp3) is 0.111. The fourth-order valence-electron chi connectivity index (χ4n) is 2.32. The maximum atomic E-state index is 12.3. The van der Waals surface area contributed by atoms with E-state index in [2.05, 4.69) is 10.3 Å². The van der Waals surface area contributed by atoms with Gasteiger partial charge in [-0.3, -0.25) is 9.59 Å². The highest BCUT2D eigenvalue weighted by Gasteiger charge is 2.12. The number of hydrogen-bond acceptors (Lipinski definition) is 2. The number of benzene rings is 2. The van der Waals surface area contributed by atoms with E-state index in [1.54, 1.807) is 12.1 Å². The number of carbonyl (C=O) groups excluding carboxylic acids is 1. The Hall–Kier alpha value is -2.88. The van der Waals surface area contributed by atoms with Crippen LogP contribution >= 0.6 is 0 Å². The number of aromatic amines is 1. The predicted molar refractivity (Wildman–Crippen MR) is 86.9 cm³/mol. The lowest BCUT2D eigenvalue weighted by atomic mass is 10.1. The van der Waals surface area contributed by atoms with Gasteiger partial charge in [0.2, 0.25) is 5.43 Å². The van der Waals surface area contributed by atoms with Gasteiger partial charge in [-0.1, -0.05) is 42.0 Å². The van der Waals surface area contributed by atoms with E-state index >= 15 is 0 Å². The average Bonchev–Trinajstić information content (AvgIpc) is 2.55. The molecule has 1 amide bonds. The molecule has 0 aliphatic heterocycles. The molecule has 2 N–H and O–H groups in total. The molecule has 0 atom stereocenters. The van der Waals surface area contributed by atoms with Crippen LogP contribution in [0.3, 0.4) is 0 Å². The zero-order chi connectivity index (χ0) is 15.5. The minimum absolute atomic E-state index is 0.130. The van der Waals surface area contributed by atoms with E-state index in [-0.39, 0.29) is 16.9 Å². The van der Waals surface area contributed by atoms with Crippen molar-refractivity contribution in [2.24, 2.45) is 0 Å². The van der Waals surface area contributed by atoms with Crippen LogP contribution < -0.4 is 10.7 Å². The third-order valence-corrected chi connectivity index (χ3v) is 3.61. The molecule has 22 heavy (non-hydrogen) atoms. The highest BCUT2D eigenvalue weighted by Crippen LogP contribution is 2.07. The van der Waals surface area contributed by atoms with Crippen LogP contribution in [0.2, 0.25) is 0 Å². The first kappa shape index (κ1) is 14.1. The van der Waals surface area contributed by atoms with Gasteiger partial charge in [0.25, 0.3) is 5.91 Å². The molecule has 0 unspecified atom stereocenters.